The van der Waals surface area contributed by atoms with E-state index in [1.165, 1.54) is 6.07 Å². The fourth-order valence-electron chi connectivity index (χ4n) is 1.76. The Bertz CT molecular complexity index is 565. The van der Waals surface area contributed by atoms with Gasteiger partial charge in [0.1, 0.15) is 5.75 Å². The minimum absolute atomic E-state index is 0.123. The van der Waals surface area contributed by atoms with Crippen molar-refractivity contribution >= 4 is 0 Å². The van der Waals surface area contributed by atoms with Crippen molar-refractivity contribution in [1.29, 1.82) is 0 Å². The molecule has 3 nitrogen and oxygen atoms in total. The summed E-state index contributed by atoms with van der Waals surface area (Å²) in [5.41, 5.74) is 5.77. The largest absolute Gasteiger partial charge is 0.439 e. The predicted molar refractivity (Wildman–Crippen MR) is 73.1 cm³/mol. The number of aryl methyl sites for hydroxylation is 1. The number of hydrogen-bond acceptors (Lipinski definition) is 3. The Morgan fingerprint density at radius 1 is 1.05 bits per heavy atom. The van der Waals surface area contributed by atoms with Gasteiger partial charge in [-0.3, -0.25) is 0 Å². The molecular formula is C15H15F3N2O. The first-order chi connectivity index (χ1) is 9.99. The van der Waals surface area contributed by atoms with E-state index in [0.29, 0.717) is 12.3 Å². The van der Waals surface area contributed by atoms with Gasteiger partial charge in [0.15, 0.2) is 0 Å². The lowest BCUT2D eigenvalue weighted by molar-refractivity contribution is -0.137. The van der Waals surface area contributed by atoms with Crippen LogP contribution in [0.3, 0.4) is 0 Å². The smallest absolute Gasteiger partial charge is 0.417 e. The molecule has 0 bridgehead atoms. The average Bonchev–Trinajstić information content (AvgIpc) is 2.46. The van der Waals surface area contributed by atoms with Crippen LogP contribution in [0, 0.1) is 0 Å². The summed E-state index contributed by atoms with van der Waals surface area (Å²) >= 11 is 0. The van der Waals surface area contributed by atoms with Crippen molar-refractivity contribution in [2.45, 2.75) is 19.0 Å². The second kappa shape index (κ2) is 6.58. The van der Waals surface area contributed by atoms with Crippen molar-refractivity contribution in [3.63, 3.8) is 0 Å². The zero-order valence-corrected chi connectivity index (χ0v) is 11.2. The van der Waals surface area contributed by atoms with Gasteiger partial charge in [0.2, 0.25) is 5.88 Å². The zero-order chi connectivity index (χ0) is 15.3. The van der Waals surface area contributed by atoms with Gasteiger partial charge in [0.25, 0.3) is 0 Å². The average molecular weight is 296 g/mol. The van der Waals surface area contributed by atoms with E-state index in [-0.39, 0.29) is 5.88 Å². The molecule has 0 fully saturated rings. The molecule has 0 amide bonds. The summed E-state index contributed by atoms with van der Waals surface area (Å²) in [4.78, 5) is 3.65. The number of rotatable bonds is 5. The Labute approximate surface area is 120 Å². The van der Waals surface area contributed by atoms with E-state index in [1.807, 2.05) is 12.1 Å². The maximum absolute atomic E-state index is 12.4. The minimum Gasteiger partial charge on any atom is -0.439 e. The topological polar surface area (TPSA) is 48.1 Å². The highest BCUT2D eigenvalue weighted by Crippen LogP contribution is 2.30. The standard InChI is InChI=1S/C15H15F3N2O/c16-15(17,18)12-5-8-14(20-10-12)21-13-6-3-11(4-7-13)2-1-9-19/h3-8,10H,1-2,9,19H2. The molecule has 2 aromatic rings. The molecule has 0 spiro atoms. The highest BCUT2D eigenvalue weighted by atomic mass is 19.4. The van der Waals surface area contributed by atoms with Crippen LogP contribution in [-0.4, -0.2) is 11.5 Å². The van der Waals surface area contributed by atoms with Crippen LogP contribution in [0.2, 0.25) is 0 Å². The normalized spacial score (nSPS) is 11.4. The Hall–Kier alpha value is -2.08. The van der Waals surface area contributed by atoms with Crippen molar-refractivity contribution in [1.82, 2.24) is 4.98 Å². The van der Waals surface area contributed by atoms with E-state index in [2.05, 4.69) is 4.98 Å². The molecule has 2 rings (SSSR count). The van der Waals surface area contributed by atoms with E-state index < -0.39 is 11.7 Å². The third kappa shape index (κ3) is 4.46. The molecular weight excluding hydrogens is 281 g/mol. The number of hydrogen-bond donors (Lipinski definition) is 1. The summed E-state index contributed by atoms with van der Waals surface area (Å²) in [5.74, 6) is 0.650. The van der Waals surface area contributed by atoms with Gasteiger partial charge in [-0.25, -0.2) is 4.98 Å². The molecule has 0 aliphatic heterocycles. The van der Waals surface area contributed by atoms with Crippen LogP contribution in [-0.2, 0) is 12.6 Å². The van der Waals surface area contributed by atoms with E-state index in [9.17, 15) is 13.2 Å². The number of aromatic nitrogens is 1. The zero-order valence-electron chi connectivity index (χ0n) is 11.2. The van der Waals surface area contributed by atoms with Crippen LogP contribution >= 0.6 is 0 Å². The summed E-state index contributed by atoms with van der Waals surface area (Å²) in [5, 5.41) is 0. The molecule has 0 radical (unpaired) electrons. The third-order valence-electron chi connectivity index (χ3n) is 2.88. The van der Waals surface area contributed by atoms with Gasteiger partial charge in [-0.05, 0) is 43.1 Å². The molecule has 0 saturated heterocycles. The van der Waals surface area contributed by atoms with E-state index >= 15 is 0 Å². The predicted octanol–water partition coefficient (Wildman–Crippen LogP) is 3.78. The molecule has 1 heterocycles. The molecule has 1 aromatic carbocycles. The molecule has 0 unspecified atom stereocenters. The van der Waals surface area contributed by atoms with Gasteiger partial charge in [-0.2, -0.15) is 13.2 Å². The van der Waals surface area contributed by atoms with Crippen LogP contribution in [0.1, 0.15) is 17.5 Å². The van der Waals surface area contributed by atoms with Crippen molar-refractivity contribution in [2.24, 2.45) is 5.73 Å². The number of nitrogens with zero attached hydrogens (tertiary/aromatic N) is 1. The van der Waals surface area contributed by atoms with Crippen molar-refractivity contribution in [3.05, 3.63) is 53.7 Å². The summed E-state index contributed by atoms with van der Waals surface area (Å²) in [6, 6.07) is 9.45. The molecule has 6 heteroatoms. The molecule has 0 atom stereocenters. The van der Waals surface area contributed by atoms with E-state index in [0.717, 1.165) is 30.7 Å². The number of ether oxygens (including phenoxy) is 1. The lowest BCUT2D eigenvalue weighted by Gasteiger charge is -2.08. The van der Waals surface area contributed by atoms with Crippen LogP contribution < -0.4 is 10.5 Å². The number of halogens is 3. The Morgan fingerprint density at radius 3 is 2.29 bits per heavy atom. The first kappa shape index (κ1) is 15.3. The number of benzene rings is 1. The lowest BCUT2D eigenvalue weighted by atomic mass is 10.1. The minimum atomic E-state index is -4.39. The quantitative estimate of drug-likeness (QED) is 0.913. The van der Waals surface area contributed by atoms with Gasteiger partial charge in [0.05, 0.1) is 5.56 Å². The summed E-state index contributed by atoms with van der Waals surface area (Å²) in [6.07, 6.45) is -1.85. The summed E-state index contributed by atoms with van der Waals surface area (Å²) in [7, 11) is 0. The molecule has 1 aromatic heterocycles. The molecule has 112 valence electrons. The Balaban J connectivity index is 2.01. The number of alkyl halides is 3. The van der Waals surface area contributed by atoms with Gasteiger partial charge in [0, 0.05) is 12.3 Å². The van der Waals surface area contributed by atoms with Crippen molar-refractivity contribution < 1.29 is 17.9 Å². The molecule has 0 saturated carbocycles. The third-order valence-corrected chi connectivity index (χ3v) is 2.88. The summed E-state index contributed by atoms with van der Waals surface area (Å²) in [6.45, 7) is 0.633. The van der Waals surface area contributed by atoms with Crippen LogP contribution in [0.4, 0.5) is 13.2 Å². The fourth-order valence-corrected chi connectivity index (χ4v) is 1.76. The monoisotopic (exact) mass is 296 g/mol. The second-order valence-corrected chi connectivity index (χ2v) is 4.52. The van der Waals surface area contributed by atoms with Crippen molar-refractivity contribution in [3.8, 4) is 11.6 Å². The number of pyridine rings is 1. The molecule has 2 N–H and O–H groups in total. The Kier molecular flexibility index (Phi) is 4.80. The van der Waals surface area contributed by atoms with Gasteiger partial charge < -0.3 is 10.5 Å². The first-order valence-corrected chi connectivity index (χ1v) is 6.49. The Morgan fingerprint density at radius 2 is 1.76 bits per heavy atom. The molecule has 0 aliphatic rings. The summed E-state index contributed by atoms with van der Waals surface area (Å²) < 4.78 is 42.6. The highest BCUT2D eigenvalue weighted by Gasteiger charge is 2.30. The van der Waals surface area contributed by atoms with Gasteiger partial charge >= 0.3 is 6.18 Å². The second-order valence-electron chi connectivity index (χ2n) is 4.52. The fraction of sp³-hybridized carbons (Fsp3) is 0.267. The van der Waals surface area contributed by atoms with Crippen molar-refractivity contribution in [2.75, 3.05) is 6.54 Å². The SMILES string of the molecule is NCCCc1ccc(Oc2ccc(C(F)(F)F)cn2)cc1. The van der Waals surface area contributed by atoms with Crippen LogP contribution in [0.25, 0.3) is 0 Å². The number of nitrogens with two attached hydrogens (primary N) is 1. The molecule has 0 aliphatic carbocycles. The first-order valence-electron chi connectivity index (χ1n) is 6.49. The molecule has 21 heavy (non-hydrogen) atoms. The van der Waals surface area contributed by atoms with Crippen LogP contribution in [0.15, 0.2) is 42.6 Å². The maximum atomic E-state index is 12.4. The van der Waals surface area contributed by atoms with E-state index in [4.69, 9.17) is 10.5 Å². The van der Waals surface area contributed by atoms with E-state index in [1.54, 1.807) is 12.1 Å². The highest BCUT2D eigenvalue weighted by molar-refractivity contribution is 5.31. The lowest BCUT2D eigenvalue weighted by Crippen LogP contribution is -2.05. The van der Waals surface area contributed by atoms with Crippen LogP contribution in [0.5, 0.6) is 11.6 Å². The van der Waals surface area contributed by atoms with Gasteiger partial charge in [-0.15, -0.1) is 0 Å². The maximum Gasteiger partial charge on any atom is 0.417 e. The van der Waals surface area contributed by atoms with Gasteiger partial charge in [-0.1, -0.05) is 12.1 Å².